The number of hydrogen-bond acceptors (Lipinski definition) is 4. The van der Waals surface area contributed by atoms with Gasteiger partial charge in [0.1, 0.15) is 5.82 Å². The summed E-state index contributed by atoms with van der Waals surface area (Å²) in [5, 5.41) is 4.83. The Bertz CT molecular complexity index is 1110. The maximum Gasteiger partial charge on any atom is 0.252 e. The third kappa shape index (κ3) is 4.72. The van der Waals surface area contributed by atoms with Crippen molar-refractivity contribution in [2.45, 2.75) is 29.8 Å². The van der Waals surface area contributed by atoms with E-state index in [1.54, 1.807) is 24.3 Å². The molecule has 1 saturated carbocycles. The van der Waals surface area contributed by atoms with E-state index in [2.05, 4.69) is 10.0 Å². The monoisotopic (exact) mass is 430 g/mol. The predicted octanol–water partition coefficient (Wildman–Crippen LogP) is 3.85. The van der Waals surface area contributed by atoms with Gasteiger partial charge in [-0.15, -0.1) is 11.3 Å². The first kappa shape index (κ1) is 19.8. The number of thiophene rings is 1. The molecule has 0 spiro atoms. The lowest BCUT2D eigenvalue weighted by atomic mass is 10.0. The van der Waals surface area contributed by atoms with E-state index in [1.807, 2.05) is 17.5 Å². The van der Waals surface area contributed by atoms with Gasteiger partial charge < -0.3 is 5.32 Å². The summed E-state index contributed by atoms with van der Waals surface area (Å²) in [5.41, 5.74) is 0.980. The summed E-state index contributed by atoms with van der Waals surface area (Å²) < 4.78 is 40.8. The van der Waals surface area contributed by atoms with E-state index in [-0.39, 0.29) is 22.3 Å². The summed E-state index contributed by atoms with van der Waals surface area (Å²) in [6, 6.07) is 15.2. The van der Waals surface area contributed by atoms with Crippen molar-refractivity contribution in [1.82, 2.24) is 10.0 Å². The highest BCUT2D eigenvalue weighted by atomic mass is 32.2. The molecule has 0 bridgehead atoms. The van der Waals surface area contributed by atoms with Crippen LogP contribution in [-0.2, 0) is 10.0 Å². The first-order valence-corrected chi connectivity index (χ1v) is 11.5. The fourth-order valence-electron chi connectivity index (χ4n) is 2.94. The molecule has 29 heavy (non-hydrogen) atoms. The van der Waals surface area contributed by atoms with Crippen molar-refractivity contribution in [2.24, 2.45) is 0 Å². The molecule has 1 unspecified atom stereocenters. The van der Waals surface area contributed by atoms with Gasteiger partial charge in [-0.05, 0) is 60.2 Å². The molecule has 0 radical (unpaired) electrons. The Labute approximate surface area is 172 Å². The van der Waals surface area contributed by atoms with Crippen LogP contribution in [0.2, 0.25) is 0 Å². The van der Waals surface area contributed by atoms with Gasteiger partial charge in [0, 0.05) is 16.5 Å². The molecule has 2 aromatic carbocycles. The summed E-state index contributed by atoms with van der Waals surface area (Å²) in [7, 11) is -3.65. The van der Waals surface area contributed by atoms with Crippen LogP contribution in [-0.4, -0.2) is 20.4 Å². The van der Waals surface area contributed by atoms with Crippen molar-refractivity contribution in [3.05, 3.63) is 87.9 Å². The number of sulfonamides is 1. The van der Waals surface area contributed by atoms with Gasteiger partial charge in [0.05, 0.1) is 10.9 Å². The van der Waals surface area contributed by atoms with Crippen molar-refractivity contribution in [3.8, 4) is 0 Å². The molecule has 2 N–H and O–H groups in total. The van der Waals surface area contributed by atoms with Crippen molar-refractivity contribution >= 4 is 27.3 Å². The van der Waals surface area contributed by atoms with Gasteiger partial charge in [-0.3, -0.25) is 4.79 Å². The zero-order valence-electron chi connectivity index (χ0n) is 15.3. The van der Waals surface area contributed by atoms with Crippen LogP contribution in [0.5, 0.6) is 0 Å². The van der Waals surface area contributed by atoms with E-state index < -0.39 is 22.0 Å². The maximum atomic E-state index is 13.3. The Balaban J connectivity index is 1.59. The van der Waals surface area contributed by atoms with Crippen LogP contribution in [0.25, 0.3) is 0 Å². The molecule has 0 saturated heterocycles. The molecule has 150 valence electrons. The molecule has 1 heterocycles. The largest absolute Gasteiger partial charge is 0.340 e. The summed E-state index contributed by atoms with van der Waals surface area (Å²) in [6.45, 7) is 0. The Hall–Kier alpha value is -2.55. The number of carbonyl (C=O) groups is 1. The van der Waals surface area contributed by atoms with Crippen molar-refractivity contribution in [2.75, 3.05) is 0 Å². The molecule has 1 aliphatic carbocycles. The average Bonchev–Trinajstić information content (AvgIpc) is 3.34. The van der Waals surface area contributed by atoms with Crippen LogP contribution in [0.3, 0.4) is 0 Å². The summed E-state index contributed by atoms with van der Waals surface area (Å²) in [5.74, 6) is -0.762. The van der Waals surface area contributed by atoms with Crippen molar-refractivity contribution < 1.29 is 17.6 Å². The van der Waals surface area contributed by atoms with Gasteiger partial charge >= 0.3 is 0 Å². The second kappa shape index (κ2) is 8.06. The van der Waals surface area contributed by atoms with Gasteiger partial charge in [-0.25, -0.2) is 17.5 Å². The van der Waals surface area contributed by atoms with Crippen molar-refractivity contribution in [1.29, 1.82) is 0 Å². The van der Waals surface area contributed by atoms with Crippen LogP contribution < -0.4 is 10.0 Å². The van der Waals surface area contributed by atoms with Crippen LogP contribution in [0.4, 0.5) is 4.39 Å². The summed E-state index contributed by atoms with van der Waals surface area (Å²) in [6.07, 6.45) is 1.67. The Kier molecular flexibility index (Phi) is 5.49. The smallest absolute Gasteiger partial charge is 0.252 e. The molecular weight excluding hydrogens is 411 g/mol. The fraction of sp³-hybridized carbons (Fsp3) is 0.190. The van der Waals surface area contributed by atoms with E-state index in [0.717, 1.165) is 23.3 Å². The molecule has 1 atom stereocenters. The zero-order valence-corrected chi connectivity index (χ0v) is 17.0. The molecule has 1 amide bonds. The normalized spacial score (nSPS) is 15.1. The minimum absolute atomic E-state index is 0.0147. The number of carbonyl (C=O) groups excluding carboxylic acids is 1. The molecule has 1 aromatic heterocycles. The third-order valence-electron chi connectivity index (χ3n) is 4.61. The predicted molar refractivity (Wildman–Crippen MR) is 110 cm³/mol. The number of nitrogens with one attached hydrogen (secondary N) is 2. The van der Waals surface area contributed by atoms with Gasteiger partial charge in [-0.2, -0.15) is 0 Å². The first-order chi connectivity index (χ1) is 13.9. The summed E-state index contributed by atoms with van der Waals surface area (Å²) >= 11 is 1.47. The lowest BCUT2D eigenvalue weighted by molar-refractivity contribution is 0.0943. The fourth-order valence-corrected chi connectivity index (χ4v) is 5.09. The third-order valence-corrected chi connectivity index (χ3v) is 7.07. The minimum Gasteiger partial charge on any atom is -0.340 e. The minimum atomic E-state index is -3.65. The Morgan fingerprint density at radius 1 is 1.07 bits per heavy atom. The number of benzene rings is 2. The average molecular weight is 431 g/mol. The SMILES string of the molecule is O=C(NC(c1ccc(F)cc1)c1cccs1)c1cccc(S(=O)(=O)NC2CC2)c1. The van der Waals surface area contributed by atoms with Crippen LogP contribution in [0.15, 0.2) is 70.9 Å². The number of halogens is 1. The Morgan fingerprint density at radius 2 is 1.83 bits per heavy atom. The van der Waals surface area contributed by atoms with Crippen LogP contribution >= 0.6 is 11.3 Å². The molecule has 3 aromatic rings. The quantitative estimate of drug-likeness (QED) is 0.598. The van der Waals surface area contributed by atoms with Gasteiger partial charge in [0.15, 0.2) is 0 Å². The van der Waals surface area contributed by atoms with E-state index in [1.165, 1.54) is 35.6 Å². The number of hydrogen-bond donors (Lipinski definition) is 2. The Morgan fingerprint density at radius 3 is 2.48 bits per heavy atom. The lowest BCUT2D eigenvalue weighted by Crippen LogP contribution is -2.29. The van der Waals surface area contributed by atoms with Crippen LogP contribution in [0.1, 0.15) is 39.7 Å². The lowest BCUT2D eigenvalue weighted by Gasteiger charge is -2.18. The van der Waals surface area contributed by atoms with Gasteiger partial charge in [0.2, 0.25) is 10.0 Å². The second-order valence-electron chi connectivity index (χ2n) is 6.90. The topological polar surface area (TPSA) is 75.3 Å². The highest BCUT2D eigenvalue weighted by molar-refractivity contribution is 7.89. The van der Waals surface area contributed by atoms with Crippen molar-refractivity contribution in [3.63, 3.8) is 0 Å². The first-order valence-electron chi connectivity index (χ1n) is 9.14. The summed E-state index contributed by atoms with van der Waals surface area (Å²) in [4.78, 5) is 13.9. The van der Waals surface area contributed by atoms with E-state index in [0.29, 0.717) is 0 Å². The molecule has 1 aliphatic rings. The molecule has 1 fully saturated rings. The second-order valence-corrected chi connectivity index (χ2v) is 9.59. The highest BCUT2D eigenvalue weighted by Crippen LogP contribution is 2.27. The zero-order chi connectivity index (χ0) is 20.4. The van der Waals surface area contributed by atoms with E-state index in [4.69, 9.17) is 0 Å². The number of amides is 1. The molecule has 4 rings (SSSR count). The molecule has 0 aliphatic heterocycles. The molecular formula is C21H19FN2O3S2. The van der Waals surface area contributed by atoms with Gasteiger partial charge in [0.25, 0.3) is 5.91 Å². The standard InChI is InChI=1S/C21H19FN2O3S2/c22-16-8-6-14(7-9-16)20(19-5-2-12-28-19)23-21(25)15-3-1-4-18(13-15)29(26,27)24-17-10-11-17/h1-9,12-13,17,20,24H,10-11H2,(H,23,25). The highest BCUT2D eigenvalue weighted by Gasteiger charge is 2.28. The van der Waals surface area contributed by atoms with E-state index in [9.17, 15) is 17.6 Å². The van der Waals surface area contributed by atoms with E-state index >= 15 is 0 Å². The number of rotatable bonds is 7. The maximum absolute atomic E-state index is 13.3. The molecule has 8 heteroatoms. The van der Waals surface area contributed by atoms with Gasteiger partial charge in [-0.1, -0.05) is 24.3 Å². The van der Waals surface area contributed by atoms with Crippen LogP contribution in [0, 0.1) is 5.82 Å². The molecule has 5 nitrogen and oxygen atoms in total.